The predicted molar refractivity (Wildman–Crippen MR) is 137 cm³/mol. The molecule has 0 spiro atoms. The zero-order chi connectivity index (χ0) is 23.5. The Kier molecular flexibility index (Phi) is 9.86. The first-order valence-corrected chi connectivity index (χ1v) is 12.7. The molecule has 3 rings (SSSR count). The number of aryl methyl sites for hydroxylation is 1. The average molecular weight is 447 g/mol. The summed E-state index contributed by atoms with van der Waals surface area (Å²) in [5.74, 6) is -0.0379. The van der Waals surface area contributed by atoms with Crippen LogP contribution in [0.15, 0.2) is 53.6 Å². The lowest BCUT2D eigenvalue weighted by Gasteiger charge is -2.12. The average Bonchev–Trinajstić information content (AvgIpc) is 3.18. The zero-order valence-corrected chi connectivity index (χ0v) is 20.3. The lowest BCUT2D eigenvalue weighted by atomic mass is 9.99. The summed E-state index contributed by atoms with van der Waals surface area (Å²) in [5.41, 5.74) is 4.11. The standard InChI is InChI=1S/C29H38N2O2/c1-3-4-5-6-7-8-9-10-11-12-13-24-14-16-25(17-15-24)29(33)26-18-20-27(21-19-26)31-28(32)22-23(2)30-31/h14-21H,3-13,22H2,1-2H3. The molecule has 0 fully saturated rings. The van der Waals surface area contributed by atoms with Crippen LogP contribution >= 0.6 is 0 Å². The van der Waals surface area contributed by atoms with Crippen LogP contribution in [-0.4, -0.2) is 17.4 Å². The molecule has 1 heterocycles. The number of rotatable bonds is 14. The molecular formula is C29H38N2O2. The van der Waals surface area contributed by atoms with Gasteiger partial charge in [-0.15, -0.1) is 0 Å². The van der Waals surface area contributed by atoms with Gasteiger partial charge in [-0.3, -0.25) is 9.59 Å². The molecule has 0 aliphatic carbocycles. The molecule has 1 amide bonds. The normalized spacial score (nSPS) is 13.5. The number of benzene rings is 2. The van der Waals surface area contributed by atoms with E-state index in [1.165, 1.54) is 74.8 Å². The van der Waals surface area contributed by atoms with E-state index in [2.05, 4.69) is 24.2 Å². The SMILES string of the molecule is CCCCCCCCCCCCc1ccc(C(=O)c2ccc(N3N=C(C)CC3=O)cc2)cc1. The van der Waals surface area contributed by atoms with Crippen LogP contribution in [0.2, 0.25) is 0 Å². The van der Waals surface area contributed by atoms with Crippen LogP contribution in [0.25, 0.3) is 0 Å². The first kappa shape index (κ1) is 24.9. The van der Waals surface area contributed by atoms with Crippen LogP contribution in [0.5, 0.6) is 0 Å². The topological polar surface area (TPSA) is 49.7 Å². The van der Waals surface area contributed by atoms with E-state index < -0.39 is 0 Å². The summed E-state index contributed by atoms with van der Waals surface area (Å²) in [4.78, 5) is 24.8. The molecule has 0 saturated heterocycles. The van der Waals surface area contributed by atoms with Gasteiger partial charge in [-0.1, -0.05) is 89.0 Å². The van der Waals surface area contributed by atoms with E-state index in [1.807, 2.05) is 19.1 Å². The maximum Gasteiger partial charge on any atom is 0.253 e. The van der Waals surface area contributed by atoms with Crippen molar-refractivity contribution in [3.8, 4) is 0 Å². The van der Waals surface area contributed by atoms with Crippen molar-refractivity contribution < 1.29 is 9.59 Å². The van der Waals surface area contributed by atoms with Crippen molar-refractivity contribution in [1.82, 2.24) is 0 Å². The van der Waals surface area contributed by atoms with E-state index in [-0.39, 0.29) is 11.7 Å². The quantitative estimate of drug-likeness (QED) is 0.223. The summed E-state index contributed by atoms with van der Waals surface area (Å²) < 4.78 is 0. The number of hydrogen-bond donors (Lipinski definition) is 0. The highest BCUT2D eigenvalue weighted by Gasteiger charge is 2.22. The number of unbranched alkanes of at least 4 members (excludes halogenated alkanes) is 9. The second-order valence-corrected chi connectivity index (χ2v) is 9.22. The highest BCUT2D eigenvalue weighted by atomic mass is 16.2. The third-order valence-corrected chi connectivity index (χ3v) is 6.32. The number of hydrogen-bond acceptors (Lipinski definition) is 3. The van der Waals surface area contributed by atoms with Crippen LogP contribution < -0.4 is 5.01 Å². The predicted octanol–water partition coefficient (Wildman–Crippen LogP) is 7.49. The smallest absolute Gasteiger partial charge is 0.253 e. The van der Waals surface area contributed by atoms with Gasteiger partial charge in [0.05, 0.1) is 12.1 Å². The molecule has 0 atom stereocenters. The number of amides is 1. The number of ketones is 1. The molecule has 176 valence electrons. The molecule has 2 aromatic carbocycles. The van der Waals surface area contributed by atoms with E-state index in [0.29, 0.717) is 23.2 Å². The van der Waals surface area contributed by atoms with Crippen molar-refractivity contribution in [3.63, 3.8) is 0 Å². The van der Waals surface area contributed by atoms with Gasteiger partial charge in [-0.2, -0.15) is 5.10 Å². The molecule has 0 aromatic heterocycles. The fourth-order valence-electron chi connectivity index (χ4n) is 4.32. The van der Waals surface area contributed by atoms with Gasteiger partial charge in [-0.05, 0) is 49.6 Å². The molecule has 0 N–H and O–H groups in total. The fourth-order valence-corrected chi connectivity index (χ4v) is 4.32. The van der Waals surface area contributed by atoms with Gasteiger partial charge in [0.25, 0.3) is 5.91 Å². The molecule has 0 unspecified atom stereocenters. The largest absolute Gasteiger partial charge is 0.289 e. The zero-order valence-electron chi connectivity index (χ0n) is 20.3. The first-order chi connectivity index (χ1) is 16.1. The lowest BCUT2D eigenvalue weighted by Crippen LogP contribution is -2.19. The van der Waals surface area contributed by atoms with Crippen molar-refractivity contribution in [2.45, 2.75) is 90.9 Å². The summed E-state index contributed by atoms with van der Waals surface area (Å²) in [6.07, 6.45) is 14.9. The number of carbonyl (C=O) groups is 2. The van der Waals surface area contributed by atoms with Gasteiger partial charge >= 0.3 is 0 Å². The summed E-state index contributed by atoms with van der Waals surface area (Å²) in [7, 11) is 0. The number of hydrazone groups is 1. The molecule has 0 radical (unpaired) electrons. The van der Waals surface area contributed by atoms with Crippen LogP contribution in [0.1, 0.15) is 106 Å². The second kappa shape index (κ2) is 13.1. The van der Waals surface area contributed by atoms with Crippen molar-refractivity contribution in [2.75, 3.05) is 5.01 Å². The Morgan fingerprint density at radius 3 is 1.82 bits per heavy atom. The van der Waals surface area contributed by atoms with E-state index in [1.54, 1.807) is 24.3 Å². The minimum Gasteiger partial charge on any atom is -0.289 e. The van der Waals surface area contributed by atoms with Crippen LogP contribution in [0, 0.1) is 0 Å². The minimum atomic E-state index is -0.0374. The maximum absolute atomic E-state index is 12.8. The van der Waals surface area contributed by atoms with E-state index in [0.717, 1.165) is 12.1 Å². The molecule has 1 aliphatic rings. The highest BCUT2D eigenvalue weighted by Crippen LogP contribution is 2.22. The maximum atomic E-state index is 12.8. The summed E-state index contributed by atoms with van der Waals surface area (Å²) in [6, 6.07) is 15.1. The van der Waals surface area contributed by atoms with Crippen LogP contribution in [-0.2, 0) is 11.2 Å². The van der Waals surface area contributed by atoms with Crippen molar-refractivity contribution >= 4 is 23.1 Å². The Bertz CT molecular complexity index is 929. The van der Waals surface area contributed by atoms with E-state index in [9.17, 15) is 9.59 Å². The van der Waals surface area contributed by atoms with Gasteiger partial charge in [0.15, 0.2) is 5.78 Å². The van der Waals surface area contributed by atoms with Gasteiger partial charge in [-0.25, -0.2) is 5.01 Å². The molecule has 0 bridgehead atoms. The number of nitrogens with zero attached hydrogens (tertiary/aromatic N) is 2. The first-order valence-electron chi connectivity index (χ1n) is 12.7. The fraction of sp³-hybridized carbons (Fsp3) is 0.483. The van der Waals surface area contributed by atoms with Gasteiger partial charge < -0.3 is 0 Å². The summed E-state index contributed by atoms with van der Waals surface area (Å²) >= 11 is 0. The van der Waals surface area contributed by atoms with Crippen molar-refractivity contribution in [2.24, 2.45) is 5.10 Å². The highest BCUT2D eigenvalue weighted by molar-refractivity contribution is 6.12. The Morgan fingerprint density at radius 1 is 0.788 bits per heavy atom. The minimum absolute atomic E-state index is 0.000494. The van der Waals surface area contributed by atoms with Crippen LogP contribution in [0.4, 0.5) is 5.69 Å². The van der Waals surface area contributed by atoms with E-state index in [4.69, 9.17) is 0 Å². The van der Waals surface area contributed by atoms with Crippen molar-refractivity contribution in [3.05, 3.63) is 65.2 Å². The lowest BCUT2D eigenvalue weighted by molar-refractivity contribution is -0.116. The van der Waals surface area contributed by atoms with Crippen LogP contribution in [0.3, 0.4) is 0 Å². The molecular weight excluding hydrogens is 408 g/mol. The Labute approximate surface area is 199 Å². The molecule has 4 nitrogen and oxygen atoms in total. The van der Waals surface area contributed by atoms with E-state index >= 15 is 0 Å². The third kappa shape index (κ3) is 7.66. The van der Waals surface area contributed by atoms with Gasteiger partial charge in [0, 0.05) is 16.8 Å². The molecule has 4 heteroatoms. The summed E-state index contributed by atoms with van der Waals surface area (Å²) in [5, 5.41) is 5.67. The Morgan fingerprint density at radius 2 is 1.30 bits per heavy atom. The molecule has 2 aromatic rings. The molecule has 1 aliphatic heterocycles. The third-order valence-electron chi connectivity index (χ3n) is 6.32. The molecule has 0 saturated carbocycles. The number of carbonyl (C=O) groups excluding carboxylic acids is 2. The van der Waals surface area contributed by atoms with Crippen molar-refractivity contribution in [1.29, 1.82) is 0 Å². The Balaban J connectivity index is 1.40. The monoisotopic (exact) mass is 446 g/mol. The molecule has 33 heavy (non-hydrogen) atoms. The Hall–Kier alpha value is -2.75. The second-order valence-electron chi connectivity index (χ2n) is 9.22. The van der Waals surface area contributed by atoms with Gasteiger partial charge in [0.2, 0.25) is 0 Å². The number of anilines is 1. The summed E-state index contributed by atoms with van der Waals surface area (Å²) in [6.45, 7) is 4.11. The van der Waals surface area contributed by atoms with Gasteiger partial charge in [0.1, 0.15) is 0 Å².